The van der Waals surface area contributed by atoms with Gasteiger partial charge in [0.2, 0.25) is 0 Å². The zero-order valence-electron chi connectivity index (χ0n) is 13.3. The molecule has 0 spiro atoms. The first-order valence-electron chi connectivity index (χ1n) is 8.01. The molecule has 0 radical (unpaired) electrons. The van der Waals surface area contributed by atoms with Crippen molar-refractivity contribution in [1.82, 2.24) is 10.2 Å². The lowest BCUT2D eigenvalue weighted by Crippen LogP contribution is -2.45. The summed E-state index contributed by atoms with van der Waals surface area (Å²) < 4.78 is 0. The van der Waals surface area contributed by atoms with E-state index in [1.807, 2.05) is 0 Å². The van der Waals surface area contributed by atoms with Crippen molar-refractivity contribution in [3.05, 3.63) is 0 Å². The normalized spacial score (nSPS) is 16.8. The minimum atomic E-state index is 0.480. The average molecular weight is 254 g/mol. The topological polar surface area (TPSA) is 15.3 Å². The Bertz CT molecular complexity index is 217. The van der Waals surface area contributed by atoms with Crippen molar-refractivity contribution < 1.29 is 0 Å². The summed E-state index contributed by atoms with van der Waals surface area (Å²) in [6.07, 6.45) is 5.44. The van der Waals surface area contributed by atoms with E-state index in [0.717, 1.165) is 18.5 Å². The maximum atomic E-state index is 3.58. The molecule has 2 heteroatoms. The summed E-state index contributed by atoms with van der Waals surface area (Å²) in [4.78, 5) is 2.77. The van der Waals surface area contributed by atoms with E-state index in [9.17, 15) is 0 Å². The summed E-state index contributed by atoms with van der Waals surface area (Å²) >= 11 is 0. The van der Waals surface area contributed by atoms with Crippen LogP contribution in [0.2, 0.25) is 0 Å². The van der Waals surface area contributed by atoms with Crippen LogP contribution in [0.1, 0.15) is 60.3 Å². The van der Waals surface area contributed by atoms with E-state index in [4.69, 9.17) is 0 Å². The Morgan fingerprint density at radius 1 is 1.17 bits per heavy atom. The summed E-state index contributed by atoms with van der Waals surface area (Å²) in [5.74, 6) is 0.788. The van der Waals surface area contributed by atoms with Gasteiger partial charge in [-0.3, -0.25) is 4.90 Å². The largest absolute Gasteiger partial charge is 0.316 e. The van der Waals surface area contributed by atoms with Gasteiger partial charge in [-0.2, -0.15) is 0 Å². The first kappa shape index (κ1) is 16.0. The van der Waals surface area contributed by atoms with E-state index in [-0.39, 0.29) is 0 Å². The second kappa shape index (κ2) is 7.49. The fourth-order valence-corrected chi connectivity index (χ4v) is 2.85. The predicted molar refractivity (Wildman–Crippen MR) is 81.0 cm³/mol. The van der Waals surface area contributed by atoms with Crippen molar-refractivity contribution in [1.29, 1.82) is 0 Å². The monoisotopic (exact) mass is 254 g/mol. The second-order valence-electron chi connectivity index (χ2n) is 6.54. The van der Waals surface area contributed by atoms with Gasteiger partial charge in [0, 0.05) is 25.7 Å². The van der Waals surface area contributed by atoms with Gasteiger partial charge in [0.15, 0.2) is 0 Å². The molecule has 1 saturated carbocycles. The van der Waals surface area contributed by atoms with E-state index in [0.29, 0.717) is 5.41 Å². The van der Waals surface area contributed by atoms with Crippen LogP contribution in [0.3, 0.4) is 0 Å². The van der Waals surface area contributed by atoms with Gasteiger partial charge < -0.3 is 5.32 Å². The van der Waals surface area contributed by atoms with Crippen molar-refractivity contribution in [3.63, 3.8) is 0 Å². The maximum absolute atomic E-state index is 3.58. The Balaban J connectivity index is 2.60. The SMILES string of the molecule is CCNCC(CC)(CC)CN(CC(C)C)C1CC1. The molecule has 0 aliphatic heterocycles. The fraction of sp³-hybridized carbons (Fsp3) is 1.00. The van der Waals surface area contributed by atoms with E-state index in [1.165, 1.54) is 45.3 Å². The summed E-state index contributed by atoms with van der Waals surface area (Å²) in [5, 5.41) is 3.58. The van der Waals surface area contributed by atoms with Gasteiger partial charge in [0.05, 0.1) is 0 Å². The van der Waals surface area contributed by atoms with E-state index < -0.39 is 0 Å². The summed E-state index contributed by atoms with van der Waals surface area (Å²) in [6.45, 7) is 16.5. The molecule has 0 aromatic heterocycles. The smallest absolute Gasteiger partial charge is 0.00967 e. The number of hydrogen-bond acceptors (Lipinski definition) is 2. The molecule has 0 atom stereocenters. The van der Waals surface area contributed by atoms with Crippen LogP contribution in [0.25, 0.3) is 0 Å². The Labute approximate surface area is 115 Å². The van der Waals surface area contributed by atoms with Gasteiger partial charge in [0.25, 0.3) is 0 Å². The molecule has 1 aliphatic rings. The molecule has 0 heterocycles. The van der Waals surface area contributed by atoms with Crippen molar-refractivity contribution in [2.45, 2.75) is 66.3 Å². The lowest BCUT2D eigenvalue weighted by atomic mass is 9.81. The number of nitrogens with zero attached hydrogens (tertiary/aromatic N) is 1. The molecular weight excluding hydrogens is 220 g/mol. The molecule has 108 valence electrons. The number of nitrogens with one attached hydrogen (secondary N) is 1. The van der Waals surface area contributed by atoms with Gasteiger partial charge in [-0.05, 0) is 43.6 Å². The van der Waals surface area contributed by atoms with Crippen LogP contribution in [0.5, 0.6) is 0 Å². The minimum absolute atomic E-state index is 0.480. The third-order valence-electron chi connectivity index (χ3n) is 4.45. The van der Waals surface area contributed by atoms with Crippen LogP contribution in [-0.4, -0.2) is 37.1 Å². The van der Waals surface area contributed by atoms with Crippen molar-refractivity contribution in [2.24, 2.45) is 11.3 Å². The molecule has 0 unspecified atom stereocenters. The Morgan fingerprint density at radius 3 is 2.17 bits per heavy atom. The molecule has 0 amide bonds. The second-order valence-corrected chi connectivity index (χ2v) is 6.54. The molecule has 0 saturated heterocycles. The average Bonchev–Trinajstić information content (AvgIpc) is 3.17. The van der Waals surface area contributed by atoms with Gasteiger partial charge in [-0.25, -0.2) is 0 Å². The zero-order chi connectivity index (χ0) is 13.6. The molecule has 0 bridgehead atoms. The van der Waals surface area contributed by atoms with Crippen LogP contribution in [0, 0.1) is 11.3 Å². The zero-order valence-corrected chi connectivity index (χ0v) is 13.3. The standard InChI is InChI=1S/C16H34N2/c1-6-16(7-2,12-17-8-3)13-18(11-14(4)5)15-9-10-15/h14-15,17H,6-13H2,1-5H3. The lowest BCUT2D eigenvalue weighted by molar-refractivity contribution is 0.118. The van der Waals surface area contributed by atoms with Crippen LogP contribution in [0.15, 0.2) is 0 Å². The molecule has 0 aromatic rings. The van der Waals surface area contributed by atoms with Crippen molar-refractivity contribution >= 4 is 0 Å². The van der Waals surface area contributed by atoms with Gasteiger partial charge in [-0.1, -0.05) is 34.6 Å². The molecule has 18 heavy (non-hydrogen) atoms. The Kier molecular flexibility index (Phi) is 6.65. The van der Waals surface area contributed by atoms with Gasteiger partial charge in [0.1, 0.15) is 0 Å². The molecule has 1 N–H and O–H groups in total. The summed E-state index contributed by atoms with van der Waals surface area (Å²) in [6, 6.07) is 0.895. The minimum Gasteiger partial charge on any atom is -0.316 e. The highest BCUT2D eigenvalue weighted by Crippen LogP contribution is 2.34. The van der Waals surface area contributed by atoms with Gasteiger partial charge >= 0.3 is 0 Å². The van der Waals surface area contributed by atoms with Crippen LogP contribution in [-0.2, 0) is 0 Å². The molecule has 0 aromatic carbocycles. The highest BCUT2D eigenvalue weighted by molar-refractivity contribution is 4.91. The van der Waals surface area contributed by atoms with Crippen LogP contribution >= 0.6 is 0 Å². The molecule has 1 rings (SSSR count). The quantitative estimate of drug-likeness (QED) is 0.641. The van der Waals surface area contributed by atoms with E-state index in [2.05, 4.69) is 44.8 Å². The first-order valence-corrected chi connectivity index (χ1v) is 8.01. The van der Waals surface area contributed by atoms with Gasteiger partial charge in [-0.15, -0.1) is 0 Å². The third-order valence-corrected chi connectivity index (χ3v) is 4.45. The Morgan fingerprint density at radius 2 is 1.78 bits per heavy atom. The van der Waals surface area contributed by atoms with E-state index >= 15 is 0 Å². The third kappa shape index (κ3) is 4.89. The summed E-state index contributed by atoms with van der Waals surface area (Å²) in [7, 11) is 0. The number of rotatable bonds is 10. The highest BCUT2D eigenvalue weighted by Gasteiger charge is 2.35. The lowest BCUT2D eigenvalue weighted by Gasteiger charge is -2.38. The number of hydrogen-bond donors (Lipinski definition) is 1. The Hall–Kier alpha value is -0.0800. The molecule has 2 nitrogen and oxygen atoms in total. The van der Waals surface area contributed by atoms with Crippen molar-refractivity contribution in [3.8, 4) is 0 Å². The van der Waals surface area contributed by atoms with Crippen LogP contribution < -0.4 is 5.32 Å². The molecule has 1 aliphatic carbocycles. The fourth-order valence-electron chi connectivity index (χ4n) is 2.85. The van der Waals surface area contributed by atoms with Crippen molar-refractivity contribution in [2.75, 3.05) is 26.2 Å². The maximum Gasteiger partial charge on any atom is 0.00967 e. The molecule has 1 fully saturated rings. The highest BCUT2D eigenvalue weighted by atomic mass is 15.2. The van der Waals surface area contributed by atoms with E-state index in [1.54, 1.807) is 0 Å². The first-order chi connectivity index (χ1) is 8.56. The predicted octanol–water partition coefficient (Wildman–Crippen LogP) is 3.52. The molecular formula is C16H34N2. The summed E-state index contributed by atoms with van der Waals surface area (Å²) in [5.41, 5.74) is 0.480. The van der Waals surface area contributed by atoms with Crippen LogP contribution in [0.4, 0.5) is 0 Å².